The molecule has 0 saturated heterocycles. The Kier molecular flexibility index (Phi) is 6.86. The van der Waals surface area contributed by atoms with Gasteiger partial charge in [-0.2, -0.15) is 0 Å². The third kappa shape index (κ3) is 5.23. The normalized spacial score (nSPS) is 10.4. The highest BCUT2D eigenvalue weighted by Gasteiger charge is 2.13. The molecule has 0 fully saturated rings. The molecule has 0 unspecified atom stereocenters. The Bertz CT molecular complexity index is 918. The predicted molar refractivity (Wildman–Crippen MR) is 112 cm³/mol. The van der Waals surface area contributed by atoms with Crippen molar-refractivity contribution >= 4 is 22.7 Å². The summed E-state index contributed by atoms with van der Waals surface area (Å²) in [6.45, 7) is 2.34. The van der Waals surface area contributed by atoms with Crippen LogP contribution in [0.5, 0.6) is 11.6 Å². The van der Waals surface area contributed by atoms with Gasteiger partial charge in [-0.15, -0.1) is 10.2 Å². The van der Waals surface area contributed by atoms with Gasteiger partial charge in [0.2, 0.25) is 5.88 Å². The van der Waals surface area contributed by atoms with E-state index < -0.39 is 0 Å². The Morgan fingerprint density at radius 1 is 1.07 bits per heavy atom. The monoisotopic (exact) mass is 395 g/mol. The van der Waals surface area contributed by atoms with Crippen molar-refractivity contribution in [1.82, 2.24) is 10.2 Å². The van der Waals surface area contributed by atoms with Crippen molar-refractivity contribution in [3.8, 4) is 22.9 Å². The number of hydrogen-bond donors (Lipinski definition) is 1. The van der Waals surface area contributed by atoms with E-state index in [1.807, 2.05) is 61.5 Å². The number of nitrogens with one attached hydrogen (secondary N) is 1. The molecule has 6 nitrogen and oxygen atoms in total. The van der Waals surface area contributed by atoms with Gasteiger partial charge < -0.3 is 14.8 Å². The zero-order valence-electron chi connectivity index (χ0n) is 15.7. The molecule has 28 heavy (non-hydrogen) atoms. The van der Waals surface area contributed by atoms with E-state index in [1.165, 1.54) is 11.8 Å². The van der Waals surface area contributed by atoms with Gasteiger partial charge in [0.05, 0.1) is 19.4 Å². The van der Waals surface area contributed by atoms with Crippen LogP contribution in [-0.4, -0.2) is 29.2 Å². The second kappa shape index (κ2) is 9.75. The molecular formula is C21H21N3O3S. The summed E-state index contributed by atoms with van der Waals surface area (Å²) in [5.41, 5.74) is 3.07. The van der Waals surface area contributed by atoms with Crippen molar-refractivity contribution in [1.29, 1.82) is 0 Å². The maximum Gasteiger partial charge on any atom is 0.283 e. The molecule has 0 radical (unpaired) electrons. The minimum atomic E-state index is -0.177. The van der Waals surface area contributed by atoms with Crippen molar-refractivity contribution < 1.29 is 14.3 Å². The molecule has 2 aromatic carbocycles. The molecule has 0 bridgehead atoms. The van der Waals surface area contributed by atoms with Gasteiger partial charge in [-0.05, 0) is 24.6 Å². The summed E-state index contributed by atoms with van der Waals surface area (Å²) in [5, 5.41) is 11.1. The van der Waals surface area contributed by atoms with Gasteiger partial charge in [0.15, 0.2) is 0 Å². The lowest BCUT2D eigenvalue weighted by Crippen LogP contribution is -2.09. The molecule has 0 atom stereocenters. The number of methoxy groups -OCH3 is 1. The quantitative estimate of drug-likeness (QED) is 0.606. The highest BCUT2D eigenvalue weighted by atomic mass is 32.2. The Morgan fingerprint density at radius 2 is 1.82 bits per heavy atom. The van der Waals surface area contributed by atoms with E-state index in [9.17, 15) is 4.79 Å². The zero-order chi connectivity index (χ0) is 19.8. The molecule has 144 valence electrons. The van der Waals surface area contributed by atoms with Crippen molar-refractivity contribution in [2.75, 3.05) is 19.0 Å². The van der Waals surface area contributed by atoms with Crippen LogP contribution in [0.3, 0.4) is 0 Å². The minimum absolute atomic E-state index is 0.177. The van der Waals surface area contributed by atoms with Gasteiger partial charge in [0.25, 0.3) is 5.24 Å². The number of ether oxygens (including phenoxy) is 2. The Morgan fingerprint density at radius 3 is 2.50 bits per heavy atom. The number of benzene rings is 2. The van der Waals surface area contributed by atoms with Crippen molar-refractivity contribution in [2.45, 2.75) is 12.7 Å². The number of rotatable bonds is 7. The number of aromatic nitrogens is 2. The molecule has 0 aliphatic heterocycles. The number of amides is 1. The van der Waals surface area contributed by atoms with Crippen molar-refractivity contribution in [2.24, 2.45) is 0 Å². The maximum atomic E-state index is 12.5. The van der Waals surface area contributed by atoms with E-state index in [2.05, 4.69) is 15.5 Å². The summed E-state index contributed by atoms with van der Waals surface area (Å²) in [5.74, 6) is 1.71. The van der Waals surface area contributed by atoms with Crippen LogP contribution in [0.4, 0.5) is 10.5 Å². The van der Waals surface area contributed by atoms with Crippen LogP contribution in [0, 0.1) is 0 Å². The number of carbonyl (C=O) groups is 1. The van der Waals surface area contributed by atoms with E-state index in [-0.39, 0.29) is 5.24 Å². The number of nitrogens with zero attached hydrogens (tertiary/aromatic N) is 2. The van der Waals surface area contributed by atoms with E-state index in [4.69, 9.17) is 9.47 Å². The highest BCUT2D eigenvalue weighted by molar-refractivity contribution is 8.13. The van der Waals surface area contributed by atoms with Crippen LogP contribution in [0.15, 0.2) is 60.7 Å². The summed E-state index contributed by atoms with van der Waals surface area (Å²) in [6, 6.07) is 18.9. The van der Waals surface area contributed by atoms with Crippen LogP contribution in [0.2, 0.25) is 0 Å². The van der Waals surface area contributed by atoms with Crippen molar-refractivity contribution in [3.05, 3.63) is 66.2 Å². The van der Waals surface area contributed by atoms with Crippen LogP contribution in [0.25, 0.3) is 11.3 Å². The van der Waals surface area contributed by atoms with Crippen LogP contribution in [-0.2, 0) is 5.75 Å². The third-order valence-electron chi connectivity index (χ3n) is 3.88. The standard InChI is InChI=1S/C21H21N3O3S/c1-3-27-19-13-18(20(24-23-19)16-7-5-4-6-8-16)22-21(25)28-14-15-9-11-17(26-2)12-10-15/h4-13H,3,14H2,1-2H3,(H,22,23,25). The highest BCUT2D eigenvalue weighted by Crippen LogP contribution is 2.29. The summed E-state index contributed by atoms with van der Waals surface area (Å²) < 4.78 is 10.6. The number of carbonyl (C=O) groups excluding carboxylic acids is 1. The first kappa shape index (κ1) is 19.7. The molecule has 1 heterocycles. The zero-order valence-corrected chi connectivity index (χ0v) is 16.5. The topological polar surface area (TPSA) is 73.3 Å². The molecule has 1 N–H and O–H groups in total. The van der Waals surface area contributed by atoms with E-state index in [0.717, 1.165) is 16.9 Å². The fourth-order valence-electron chi connectivity index (χ4n) is 2.51. The summed E-state index contributed by atoms with van der Waals surface area (Å²) >= 11 is 1.18. The lowest BCUT2D eigenvalue weighted by molar-refractivity contribution is 0.269. The number of hydrogen-bond acceptors (Lipinski definition) is 6. The first-order chi connectivity index (χ1) is 13.7. The smallest absolute Gasteiger partial charge is 0.283 e. The molecule has 3 rings (SSSR count). The molecule has 1 amide bonds. The molecule has 0 aliphatic carbocycles. The lowest BCUT2D eigenvalue weighted by atomic mass is 10.1. The molecule has 7 heteroatoms. The fourth-order valence-corrected chi connectivity index (χ4v) is 3.19. The molecule has 3 aromatic rings. The lowest BCUT2D eigenvalue weighted by Gasteiger charge is -2.11. The Labute approximate surface area is 168 Å². The first-order valence-electron chi connectivity index (χ1n) is 8.82. The largest absolute Gasteiger partial charge is 0.497 e. The van der Waals surface area contributed by atoms with Crippen molar-refractivity contribution in [3.63, 3.8) is 0 Å². The summed E-state index contributed by atoms with van der Waals surface area (Å²) in [6.07, 6.45) is 0. The summed E-state index contributed by atoms with van der Waals surface area (Å²) in [7, 11) is 1.63. The summed E-state index contributed by atoms with van der Waals surface area (Å²) in [4.78, 5) is 12.5. The minimum Gasteiger partial charge on any atom is -0.497 e. The van der Waals surface area contributed by atoms with E-state index in [0.29, 0.717) is 29.6 Å². The number of thioether (sulfide) groups is 1. The molecule has 1 aromatic heterocycles. The van der Waals surface area contributed by atoms with Crippen LogP contribution < -0.4 is 14.8 Å². The molecular weight excluding hydrogens is 374 g/mol. The van der Waals surface area contributed by atoms with Crippen LogP contribution >= 0.6 is 11.8 Å². The van der Waals surface area contributed by atoms with E-state index in [1.54, 1.807) is 13.2 Å². The molecule has 0 saturated carbocycles. The Hall–Kier alpha value is -3.06. The van der Waals surface area contributed by atoms with Gasteiger partial charge >= 0.3 is 0 Å². The molecule has 0 aliphatic rings. The van der Waals surface area contributed by atoms with Crippen LogP contribution in [0.1, 0.15) is 12.5 Å². The maximum absolute atomic E-state index is 12.5. The second-order valence-electron chi connectivity index (χ2n) is 5.79. The predicted octanol–water partition coefficient (Wildman–Crippen LogP) is 5.02. The fraction of sp³-hybridized carbons (Fsp3) is 0.190. The van der Waals surface area contributed by atoms with Gasteiger partial charge in [-0.3, -0.25) is 4.79 Å². The third-order valence-corrected chi connectivity index (χ3v) is 4.72. The Balaban J connectivity index is 1.73. The van der Waals surface area contributed by atoms with Gasteiger partial charge in [-0.1, -0.05) is 54.2 Å². The van der Waals surface area contributed by atoms with E-state index >= 15 is 0 Å². The molecule has 0 spiro atoms. The average molecular weight is 395 g/mol. The SMILES string of the molecule is CCOc1cc(NC(=O)SCc2ccc(OC)cc2)c(-c2ccccc2)nn1. The number of anilines is 1. The van der Waals surface area contributed by atoms with Gasteiger partial charge in [-0.25, -0.2) is 0 Å². The van der Waals surface area contributed by atoms with Gasteiger partial charge in [0.1, 0.15) is 11.4 Å². The second-order valence-corrected chi connectivity index (χ2v) is 6.74. The average Bonchev–Trinajstić information content (AvgIpc) is 2.74. The first-order valence-corrected chi connectivity index (χ1v) is 9.80. The van der Waals surface area contributed by atoms with Gasteiger partial charge in [0, 0.05) is 17.4 Å².